The maximum absolute atomic E-state index is 5.58. The van der Waals surface area contributed by atoms with Crippen molar-refractivity contribution in [2.45, 2.75) is 13.2 Å². The SMILES string of the molecule is COc1cc(-c2nnc(Cn3nnc4ccccc43)n2CN2CCN(C)CC2)cc(OC)c1OC. The molecule has 0 N–H and O–H groups in total. The van der Waals surface area contributed by atoms with Gasteiger partial charge in [0.15, 0.2) is 23.1 Å². The van der Waals surface area contributed by atoms with Crippen LogP contribution >= 0.6 is 0 Å². The number of fused-ring (bicyclic) bond motifs is 1. The lowest BCUT2D eigenvalue weighted by Gasteiger charge is -2.33. The number of nitrogens with zero attached hydrogens (tertiary/aromatic N) is 8. The Hall–Kier alpha value is -3.70. The van der Waals surface area contributed by atoms with E-state index in [4.69, 9.17) is 14.2 Å². The van der Waals surface area contributed by atoms with Crippen molar-refractivity contribution in [3.8, 4) is 28.6 Å². The zero-order valence-electron chi connectivity index (χ0n) is 20.5. The second kappa shape index (κ2) is 9.88. The number of aromatic nitrogens is 6. The van der Waals surface area contributed by atoms with E-state index in [-0.39, 0.29) is 0 Å². The highest BCUT2D eigenvalue weighted by Gasteiger charge is 2.23. The van der Waals surface area contributed by atoms with Crippen LogP contribution in [0.25, 0.3) is 22.4 Å². The first-order chi connectivity index (χ1) is 17.1. The highest BCUT2D eigenvalue weighted by molar-refractivity contribution is 5.74. The molecule has 0 aliphatic carbocycles. The van der Waals surface area contributed by atoms with E-state index in [2.05, 4.69) is 41.9 Å². The maximum Gasteiger partial charge on any atom is 0.203 e. The number of rotatable bonds is 8. The predicted molar refractivity (Wildman–Crippen MR) is 131 cm³/mol. The lowest BCUT2D eigenvalue weighted by Crippen LogP contribution is -2.45. The monoisotopic (exact) mass is 478 g/mol. The largest absolute Gasteiger partial charge is 0.493 e. The minimum Gasteiger partial charge on any atom is -0.493 e. The minimum atomic E-state index is 0.450. The first-order valence-corrected chi connectivity index (χ1v) is 11.5. The Balaban J connectivity index is 1.57. The average Bonchev–Trinajstić information content (AvgIpc) is 3.48. The van der Waals surface area contributed by atoms with Gasteiger partial charge in [0.25, 0.3) is 0 Å². The summed E-state index contributed by atoms with van der Waals surface area (Å²) >= 11 is 0. The molecule has 2 aromatic heterocycles. The number of hydrogen-bond donors (Lipinski definition) is 0. The Morgan fingerprint density at radius 1 is 0.857 bits per heavy atom. The summed E-state index contributed by atoms with van der Waals surface area (Å²) in [7, 11) is 6.96. The number of ether oxygens (including phenoxy) is 3. The van der Waals surface area contributed by atoms with E-state index in [9.17, 15) is 0 Å². The second-order valence-corrected chi connectivity index (χ2v) is 8.58. The van der Waals surface area contributed by atoms with Gasteiger partial charge < -0.3 is 19.1 Å². The van der Waals surface area contributed by atoms with Crippen molar-refractivity contribution < 1.29 is 14.2 Å². The topological polar surface area (TPSA) is 95.6 Å². The van der Waals surface area contributed by atoms with E-state index in [0.717, 1.165) is 54.4 Å². The molecule has 11 heteroatoms. The number of methoxy groups -OCH3 is 3. The molecule has 0 saturated carbocycles. The summed E-state index contributed by atoms with van der Waals surface area (Å²) in [6.07, 6.45) is 0. The molecule has 0 amide bonds. The van der Waals surface area contributed by atoms with Gasteiger partial charge in [0, 0.05) is 31.7 Å². The fourth-order valence-electron chi connectivity index (χ4n) is 4.38. The maximum atomic E-state index is 5.58. The van der Waals surface area contributed by atoms with E-state index >= 15 is 0 Å². The van der Waals surface area contributed by atoms with Crippen molar-refractivity contribution >= 4 is 11.0 Å². The molecule has 4 aromatic rings. The van der Waals surface area contributed by atoms with Gasteiger partial charge in [-0.1, -0.05) is 17.3 Å². The molecule has 1 saturated heterocycles. The van der Waals surface area contributed by atoms with Gasteiger partial charge in [-0.25, -0.2) is 4.68 Å². The third-order valence-electron chi connectivity index (χ3n) is 6.40. The first-order valence-electron chi connectivity index (χ1n) is 11.5. The summed E-state index contributed by atoms with van der Waals surface area (Å²) < 4.78 is 20.7. The standard InChI is InChI=1S/C24H30N8O3/c1-29-9-11-30(12-10-29)16-31-22(15-32-19-8-6-5-7-18(19)25-28-32)26-27-24(31)17-13-20(33-2)23(35-4)21(14-17)34-3/h5-8,13-14H,9-12,15-16H2,1-4H3. The molecule has 11 nitrogen and oxygen atoms in total. The number of hydrogen-bond acceptors (Lipinski definition) is 9. The summed E-state index contributed by atoms with van der Waals surface area (Å²) in [6, 6.07) is 11.7. The number of likely N-dealkylation sites (N-methyl/N-ethyl adjacent to an activating group) is 1. The molecule has 3 heterocycles. The number of para-hydroxylation sites is 1. The van der Waals surface area contributed by atoms with Gasteiger partial charge in [-0.05, 0) is 31.3 Å². The molecule has 2 aromatic carbocycles. The van der Waals surface area contributed by atoms with Gasteiger partial charge >= 0.3 is 0 Å². The predicted octanol–water partition coefficient (Wildman–Crippen LogP) is 1.97. The Kier molecular flexibility index (Phi) is 6.51. The van der Waals surface area contributed by atoms with Gasteiger partial charge in [0.1, 0.15) is 12.1 Å². The molecule has 1 fully saturated rings. The number of benzene rings is 2. The van der Waals surface area contributed by atoms with Crippen molar-refractivity contribution in [2.75, 3.05) is 54.6 Å². The van der Waals surface area contributed by atoms with Gasteiger partial charge in [-0.2, -0.15) is 0 Å². The Labute approximate surface area is 203 Å². The Morgan fingerprint density at radius 3 is 2.26 bits per heavy atom. The van der Waals surface area contributed by atoms with E-state index in [1.54, 1.807) is 21.3 Å². The van der Waals surface area contributed by atoms with E-state index < -0.39 is 0 Å². The van der Waals surface area contributed by atoms with Crippen LogP contribution in [0.15, 0.2) is 36.4 Å². The second-order valence-electron chi connectivity index (χ2n) is 8.58. The van der Waals surface area contributed by atoms with Crippen LogP contribution in [0.1, 0.15) is 5.82 Å². The molecular formula is C24H30N8O3. The summed E-state index contributed by atoms with van der Waals surface area (Å²) in [5.74, 6) is 3.20. The lowest BCUT2D eigenvalue weighted by atomic mass is 10.1. The van der Waals surface area contributed by atoms with Crippen molar-refractivity contribution in [1.29, 1.82) is 0 Å². The fraction of sp³-hybridized carbons (Fsp3) is 0.417. The zero-order chi connectivity index (χ0) is 24.4. The quantitative estimate of drug-likeness (QED) is 0.377. The zero-order valence-corrected chi connectivity index (χ0v) is 20.5. The third-order valence-corrected chi connectivity index (χ3v) is 6.40. The number of piperazine rings is 1. The van der Waals surface area contributed by atoms with Crippen LogP contribution in [0.3, 0.4) is 0 Å². The van der Waals surface area contributed by atoms with Crippen molar-refractivity contribution in [3.05, 3.63) is 42.2 Å². The molecule has 0 radical (unpaired) electrons. The molecule has 35 heavy (non-hydrogen) atoms. The minimum absolute atomic E-state index is 0.450. The normalized spacial score (nSPS) is 15.0. The summed E-state index contributed by atoms with van der Waals surface area (Å²) in [4.78, 5) is 4.75. The highest BCUT2D eigenvalue weighted by atomic mass is 16.5. The third kappa shape index (κ3) is 4.52. The van der Waals surface area contributed by atoms with Gasteiger partial charge in [0.05, 0.1) is 33.5 Å². The smallest absolute Gasteiger partial charge is 0.203 e. The van der Waals surface area contributed by atoms with Crippen molar-refractivity contribution in [3.63, 3.8) is 0 Å². The first kappa shape index (κ1) is 23.1. The molecule has 0 bridgehead atoms. The molecule has 5 rings (SSSR count). The van der Waals surface area contributed by atoms with E-state index in [1.165, 1.54) is 0 Å². The van der Waals surface area contributed by atoms with Gasteiger partial charge in [-0.3, -0.25) is 9.47 Å². The van der Waals surface area contributed by atoms with Gasteiger partial charge in [-0.15, -0.1) is 15.3 Å². The Bertz CT molecular complexity index is 1280. The Morgan fingerprint density at radius 2 is 1.57 bits per heavy atom. The molecule has 0 spiro atoms. The van der Waals surface area contributed by atoms with E-state index in [0.29, 0.717) is 30.5 Å². The van der Waals surface area contributed by atoms with Crippen LogP contribution in [0, 0.1) is 0 Å². The van der Waals surface area contributed by atoms with Crippen LogP contribution in [-0.4, -0.2) is 94.1 Å². The van der Waals surface area contributed by atoms with Crippen molar-refractivity contribution in [1.82, 2.24) is 39.6 Å². The summed E-state index contributed by atoms with van der Waals surface area (Å²) in [6.45, 7) is 5.08. The van der Waals surface area contributed by atoms with E-state index in [1.807, 2.05) is 41.1 Å². The average molecular weight is 479 g/mol. The fourth-order valence-corrected chi connectivity index (χ4v) is 4.38. The van der Waals surface area contributed by atoms with Crippen LogP contribution in [-0.2, 0) is 13.2 Å². The lowest BCUT2D eigenvalue weighted by molar-refractivity contribution is 0.124. The molecule has 1 aliphatic rings. The summed E-state index contributed by atoms with van der Waals surface area (Å²) in [5, 5.41) is 17.8. The molecule has 184 valence electrons. The van der Waals surface area contributed by atoms with Crippen LogP contribution in [0.2, 0.25) is 0 Å². The molecule has 0 atom stereocenters. The van der Waals surface area contributed by atoms with Crippen LogP contribution < -0.4 is 14.2 Å². The molecule has 1 aliphatic heterocycles. The molecule has 0 unspecified atom stereocenters. The van der Waals surface area contributed by atoms with Gasteiger partial charge in [0.2, 0.25) is 5.75 Å². The van der Waals surface area contributed by atoms with Crippen LogP contribution in [0.4, 0.5) is 0 Å². The summed E-state index contributed by atoms with van der Waals surface area (Å²) in [5.41, 5.74) is 2.63. The van der Waals surface area contributed by atoms with Crippen LogP contribution in [0.5, 0.6) is 17.2 Å². The highest BCUT2D eigenvalue weighted by Crippen LogP contribution is 2.41. The molecular weight excluding hydrogens is 448 g/mol. The van der Waals surface area contributed by atoms with Crippen molar-refractivity contribution in [2.24, 2.45) is 0 Å².